The fourth-order valence-electron chi connectivity index (χ4n) is 4.45. The Labute approximate surface area is 180 Å². The minimum Gasteiger partial charge on any atom is -0.434 e. The molecule has 0 radical (unpaired) electrons. The van der Waals surface area contributed by atoms with E-state index in [1.807, 2.05) is 83.8 Å². The number of piperazine rings is 1. The lowest BCUT2D eigenvalue weighted by atomic mass is 9.90. The first-order valence-electron chi connectivity index (χ1n) is 10.3. The fourth-order valence-corrected chi connectivity index (χ4v) is 4.45. The van der Waals surface area contributed by atoms with Crippen molar-refractivity contribution in [2.24, 2.45) is 0 Å². The largest absolute Gasteiger partial charge is 0.434 e. The first-order valence-corrected chi connectivity index (χ1v) is 10.3. The lowest BCUT2D eigenvalue weighted by Crippen LogP contribution is -2.64. The summed E-state index contributed by atoms with van der Waals surface area (Å²) < 4.78 is 11.8. The maximum absolute atomic E-state index is 13.3. The van der Waals surface area contributed by atoms with E-state index in [4.69, 9.17) is 9.47 Å². The van der Waals surface area contributed by atoms with Crippen LogP contribution in [0.15, 0.2) is 91.0 Å². The van der Waals surface area contributed by atoms with Crippen molar-refractivity contribution < 1.29 is 19.1 Å². The summed E-state index contributed by atoms with van der Waals surface area (Å²) in [5.41, 5.74) is 0.361. The Morgan fingerprint density at radius 1 is 0.871 bits per heavy atom. The molecule has 2 heterocycles. The number of para-hydroxylation sites is 1. The Kier molecular flexibility index (Phi) is 5.02. The van der Waals surface area contributed by atoms with E-state index in [-0.39, 0.29) is 5.97 Å². The van der Waals surface area contributed by atoms with Gasteiger partial charge in [-0.15, -0.1) is 0 Å². The zero-order valence-electron chi connectivity index (χ0n) is 16.8. The molecule has 3 aromatic rings. The lowest BCUT2D eigenvalue weighted by Gasteiger charge is -2.44. The molecular formula is C25H22N2O4. The molecular weight excluding hydrogens is 392 g/mol. The summed E-state index contributed by atoms with van der Waals surface area (Å²) in [6.45, 7) is 0.746. The molecule has 6 heteroatoms. The van der Waals surface area contributed by atoms with Gasteiger partial charge >= 0.3 is 11.9 Å². The van der Waals surface area contributed by atoms with E-state index in [0.29, 0.717) is 18.8 Å². The molecule has 2 saturated heterocycles. The van der Waals surface area contributed by atoms with Gasteiger partial charge in [-0.05, 0) is 12.1 Å². The molecule has 2 fully saturated rings. The van der Waals surface area contributed by atoms with Crippen molar-refractivity contribution in [3.8, 4) is 5.75 Å². The van der Waals surface area contributed by atoms with E-state index in [2.05, 4.69) is 5.32 Å². The quantitative estimate of drug-likeness (QED) is 0.523. The zero-order chi connectivity index (χ0) is 21.3. The van der Waals surface area contributed by atoms with Gasteiger partial charge in [0, 0.05) is 24.2 Å². The second-order valence-corrected chi connectivity index (χ2v) is 7.63. The predicted octanol–water partition coefficient (Wildman–Crippen LogP) is 2.69. The number of fused-ring (bicyclic) bond motifs is 1. The number of rotatable bonds is 4. The topological polar surface area (TPSA) is 67.9 Å². The van der Waals surface area contributed by atoms with Crippen molar-refractivity contribution in [2.75, 3.05) is 13.1 Å². The van der Waals surface area contributed by atoms with Crippen LogP contribution in [0.25, 0.3) is 0 Å². The van der Waals surface area contributed by atoms with E-state index < -0.39 is 23.8 Å². The van der Waals surface area contributed by atoms with Gasteiger partial charge in [-0.25, -0.2) is 9.69 Å². The van der Waals surface area contributed by atoms with Gasteiger partial charge in [0.2, 0.25) is 5.72 Å². The number of nitrogens with zero attached hydrogens (tertiary/aromatic N) is 1. The molecule has 1 N–H and O–H groups in total. The molecule has 2 aliphatic heterocycles. The summed E-state index contributed by atoms with van der Waals surface area (Å²) in [6, 6.07) is 26.7. The summed E-state index contributed by atoms with van der Waals surface area (Å²) in [7, 11) is 0. The third-order valence-corrected chi connectivity index (χ3v) is 5.79. The van der Waals surface area contributed by atoms with E-state index in [9.17, 15) is 9.59 Å². The summed E-state index contributed by atoms with van der Waals surface area (Å²) in [6.07, 6.45) is 0. The normalized spacial score (nSPS) is 22.4. The van der Waals surface area contributed by atoms with Crippen LogP contribution in [0, 0.1) is 0 Å². The van der Waals surface area contributed by atoms with Crippen molar-refractivity contribution in [1.82, 2.24) is 10.2 Å². The number of esters is 2. The van der Waals surface area contributed by atoms with E-state index in [0.717, 1.165) is 11.1 Å². The second-order valence-electron chi connectivity index (χ2n) is 7.63. The molecule has 2 aliphatic rings. The molecule has 3 aromatic carbocycles. The maximum Gasteiger partial charge on any atom is 0.330 e. The van der Waals surface area contributed by atoms with Crippen LogP contribution in [0.1, 0.15) is 11.1 Å². The minimum atomic E-state index is -1.22. The highest BCUT2D eigenvalue weighted by molar-refractivity contribution is 5.85. The Hall–Kier alpha value is -3.48. The van der Waals surface area contributed by atoms with Crippen LogP contribution in [-0.4, -0.2) is 42.0 Å². The molecule has 0 bridgehead atoms. The Morgan fingerprint density at radius 2 is 1.42 bits per heavy atom. The zero-order valence-corrected chi connectivity index (χ0v) is 16.8. The average Bonchev–Trinajstić information content (AvgIpc) is 3.14. The highest BCUT2D eigenvalue weighted by Crippen LogP contribution is 2.45. The van der Waals surface area contributed by atoms with Crippen LogP contribution in [0.5, 0.6) is 5.75 Å². The summed E-state index contributed by atoms with van der Waals surface area (Å²) in [5, 5.41) is 3.20. The van der Waals surface area contributed by atoms with Gasteiger partial charge in [0.1, 0.15) is 17.8 Å². The molecule has 0 amide bonds. The number of hydrogen-bond donors (Lipinski definition) is 1. The van der Waals surface area contributed by atoms with Crippen LogP contribution in [0.4, 0.5) is 0 Å². The molecule has 31 heavy (non-hydrogen) atoms. The van der Waals surface area contributed by atoms with Crippen LogP contribution in [0.2, 0.25) is 0 Å². The predicted molar refractivity (Wildman–Crippen MR) is 114 cm³/mol. The van der Waals surface area contributed by atoms with E-state index in [1.54, 1.807) is 12.1 Å². The Morgan fingerprint density at radius 3 is 2.00 bits per heavy atom. The molecule has 0 saturated carbocycles. The number of ether oxygens (including phenoxy) is 2. The second kappa shape index (κ2) is 7.98. The van der Waals surface area contributed by atoms with Crippen molar-refractivity contribution in [2.45, 2.75) is 17.8 Å². The molecule has 2 atom stereocenters. The lowest BCUT2D eigenvalue weighted by molar-refractivity contribution is -0.157. The SMILES string of the molecule is O=C(Oc1ccccc1)C1CNCC2C(=O)OC(c3ccccc3)(c3ccccc3)N12. The minimum absolute atomic E-state index is 0.347. The Bertz CT molecular complexity index is 1030. The summed E-state index contributed by atoms with van der Waals surface area (Å²) in [4.78, 5) is 28.2. The molecule has 5 rings (SSSR count). The molecule has 0 spiro atoms. The van der Waals surface area contributed by atoms with Gasteiger partial charge in [0.15, 0.2) is 0 Å². The van der Waals surface area contributed by atoms with Gasteiger partial charge < -0.3 is 14.8 Å². The van der Waals surface area contributed by atoms with Crippen LogP contribution < -0.4 is 10.1 Å². The van der Waals surface area contributed by atoms with Crippen molar-refractivity contribution in [1.29, 1.82) is 0 Å². The molecule has 6 nitrogen and oxygen atoms in total. The summed E-state index contributed by atoms with van der Waals surface area (Å²) in [5.74, 6) is -0.332. The summed E-state index contributed by atoms with van der Waals surface area (Å²) >= 11 is 0. The smallest absolute Gasteiger partial charge is 0.330 e. The van der Waals surface area contributed by atoms with Crippen molar-refractivity contribution in [3.63, 3.8) is 0 Å². The number of carbonyl (C=O) groups excluding carboxylic acids is 2. The van der Waals surface area contributed by atoms with Gasteiger partial charge in [-0.2, -0.15) is 0 Å². The van der Waals surface area contributed by atoms with Gasteiger partial charge in [-0.1, -0.05) is 78.9 Å². The fraction of sp³-hybridized carbons (Fsp3) is 0.200. The highest BCUT2D eigenvalue weighted by Gasteiger charge is 2.61. The molecule has 0 aliphatic carbocycles. The maximum atomic E-state index is 13.3. The highest BCUT2D eigenvalue weighted by atomic mass is 16.6. The van der Waals surface area contributed by atoms with Gasteiger partial charge in [-0.3, -0.25) is 4.79 Å². The van der Waals surface area contributed by atoms with Gasteiger partial charge in [0.05, 0.1) is 0 Å². The van der Waals surface area contributed by atoms with Gasteiger partial charge in [0.25, 0.3) is 0 Å². The van der Waals surface area contributed by atoms with Crippen LogP contribution in [0.3, 0.4) is 0 Å². The van der Waals surface area contributed by atoms with Crippen LogP contribution in [-0.2, 0) is 20.1 Å². The number of carbonyl (C=O) groups is 2. The molecule has 2 unspecified atom stereocenters. The number of hydrogen-bond acceptors (Lipinski definition) is 6. The monoisotopic (exact) mass is 414 g/mol. The van der Waals surface area contributed by atoms with Crippen molar-refractivity contribution >= 4 is 11.9 Å². The third kappa shape index (κ3) is 3.30. The van der Waals surface area contributed by atoms with E-state index in [1.165, 1.54) is 0 Å². The number of benzene rings is 3. The molecule has 156 valence electrons. The standard InChI is InChI=1S/C25H22N2O4/c28-23(30-20-14-8-3-9-15-20)21-16-26-17-22-24(29)31-25(27(21)22,18-10-4-1-5-11-18)19-12-6-2-7-13-19/h1-15,21-22,26H,16-17H2. The Balaban J connectivity index is 1.62. The molecule has 0 aromatic heterocycles. The first-order chi connectivity index (χ1) is 15.2. The average molecular weight is 414 g/mol. The van der Waals surface area contributed by atoms with Crippen LogP contribution >= 0.6 is 0 Å². The third-order valence-electron chi connectivity index (χ3n) is 5.79. The number of nitrogens with one attached hydrogen (secondary N) is 1. The first kappa shape index (κ1) is 19.5. The number of cyclic esters (lactones) is 1. The van der Waals surface area contributed by atoms with E-state index >= 15 is 0 Å². The van der Waals surface area contributed by atoms with Crippen molar-refractivity contribution in [3.05, 3.63) is 102 Å².